The van der Waals surface area contributed by atoms with Gasteiger partial charge < -0.3 is 15.4 Å². The second-order valence-electron chi connectivity index (χ2n) is 5.60. The molecule has 2 aliphatic rings. The average Bonchev–Trinajstić information content (AvgIpc) is 2.53. The van der Waals surface area contributed by atoms with Gasteiger partial charge in [0.25, 0.3) is 0 Å². The first-order valence-corrected chi connectivity index (χ1v) is 5.13. The number of nitrogens with zero attached hydrogens (tertiary/aromatic N) is 1. The predicted molar refractivity (Wildman–Crippen MR) is 51.5 cm³/mol. The van der Waals surface area contributed by atoms with Gasteiger partial charge in [0.2, 0.25) is 0 Å². The van der Waals surface area contributed by atoms with Crippen LogP contribution in [-0.2, 0) is 4.74 Å². The Kier molecular flexibility index (Phi) is 1.83. The number of rotatable bonds is 0. The zero-order chi connectivity index (χ0) is 10.6. The molecule has 14 heavy (non-hydrogen) atoms. The minimum atomic E-state index is -0.382. The van der Waals surface area contributed by atoms with Gasteiger partial charge in [0.1, 0.15) is 5.60 Å². The van der Waals surface area contributed by atoms with Gasteiger partial charge in [-0.2, -0.15) is 0 Å². The maximum atomic E-state index is 11.5. The van der Waals surface area contributed by atoms with Crippen LogP contribution in [-0.4, -0.2) is 35.7 Å². The topological polar surface area (TPSA) is 57.2 Å². The molecule has 1 aliphatic heterocycles. The molecule has 0 aromatic carbocycles. The van der Waals surface area contributed by atoms with Crippen molar-refractivity contribution in [3.8, 4) is 0 Å². The van der Waals surface area contributed by atoms with Crippen LogP contribution in [0.3, 0.4) is 0 Å². The highest BCUT2D eigenvalue weighted by molar-refractivity contribution is 5.69. The van der Waals surface area contributed by atoms with Crippen molar-refractivity contribution in [2.75, 3.05) is 13.1 Å². The molecule has 0 radical (unpaired) electrons. The van der Waals surface area contributed by atoms with Gasteiger partial charge in [-0.25, -0.2) is 4.79 Å². The van der Waals surface area contributed by atoms with Crippen LogP contribution < -0.4 is 5.73 Å². The lowest BCUT2D eigenvalue weighted by Crippen LogP contribution is -2.63. The van der Waals surface area contributed by atoms with Gasteiger partial charge in [-0.3, -0.25) is 0 Å². The van der Waals surface area contributed by atoms with Gasteiger partial charge in [-0.1, -0.05) is 0 Å². The summed E-state index contributed by atoms with van der Waals surface area (Å²) in [5.41, 5.74) is 4.01. The molecular weight excluding hydrogens is 180 g/mol. The minimum absolute atomic E-state index is 0.178. The highest BCUT2D eigenvalue weighted by atomic mass is 16.6. The number of likely N-dealkylation sites (tertiary alicyclic amines) is 1. The SMILES string of the molecule is CC(C)(C)OC(=O)N1CC2(CC2[NH3+])C1. The fourth-order valence-electron chi connectivity index (χ4n) is 1.99. The summed E-state index contributed by atoms with van der Waals surface area (Å²) >= 11 is 0. The van der Waals surface area contributed by atoms with E-state index in [9.17, 15) is 4.79 Å². The Morgan fingerprint density at radius 1 is 1.50 bits per heavy atom. The molecule has 0 bridgehead atoms. The molecule has 3 N–H and O–H groups in total. The maximum Gasteiger partial charge on any atom is 0.410 e. The number of carbonyl (C=O) groups is 1. The van der Waals surface area contributed by atoms with Crippen LogP contribution in [0, 0.1) is 5.41 Å². The Balaban J connectivity index is 1.80. The van der Waals surface area contributed by atoms with Gasteiger partial charge in [0.15, 0.2) is 0 Å². The van der Waals surface area contributed by atoms with E-state index in [1.54, 1.807) is 4.90 Å². The number of carbonyl (C=O) groups excluding carboxylic acids is 1. The molecule has 1 atom stereocenters. The highest BCUT2D eigenvalue weighted by Crippen LogP contribution is 2.50. The zero-order valence-electron chi connectivity index (χ0n) is 9.17. The maximum absolute atomic E-state index is 11.5. The van der Waals surface area contributed by atoms with E-state index in [1.165, 1.54) is 6.42 Å². The molecule has 4 nitrogen and oxygen atoms in total. The van der Waals surface area contributed by atoms with E-state index in [-0.39, 0.29) is 11.7 Å². The van der Waals surface area contributed by atoms with E-state index in [4.69, 9.17) is 4.74 Å². The number of quaternary nitrogens is 1. The van der Waals surface area contributed by atoms with E-state index in [0.717, 1.165) is 13.1 Å². The van der Waals surface area contributed by atoms with Gasteiger partial charge in [0, 0.05) is 19.5 Å². The van der Waals surface area contributed by atoms with E-state index < -0.39 is 0 Å². The van der Waals surface area contributed by atoms with Crippen LogP contribution >= 0.6 is 0 Å². The first kappa shape index (κ1) is 9.77. The lowest BCUT2D eigenvalue weighted by atomic mass is 9.96. The van der Waals surface area contributed by atoms with Crippen molar-refractivity contribution in [3.63, 3.8) is 0 Å². The molecule has 1 heterocycles. The largest absolute Gasteiger partial charge is 0.444 e. The Hall–Kier alpha value is -0.770. The Morgan fingerprint density at radius 2 is 2.00 bits per heavy atom. The molecule has 0 aromatic heterocycles. The molecule has 1 aliphatic carbocycles. The van der Waals surface area contributed by atoms with Crippen molar-refractivity contribution in [3.05, 3.63) is 0 Å². The molecule has 1 saturated carbocycles. The lowest BCUT2D eigenvalue weighted by molar-refractivity contribution is -0.398. The third-order valence-electron chi connectivity index (χ3n) is 3.02. The van der Waals surface area contributed by atoms with E-state index in [2.05, 4.69) is 5.73 Å². The van der Waals surface area contributed by atoms with Crippen molar-refractivity contribution in [2.24, 2.45) is 5.41 Å². The van der Waals surface area contributed by atoms with Crippen LogP contribution in [0.2, 0.25) is 0 Å². The quantitative estimate of drug-likeness (QED) is 0.607. The van der Waals surface area contributed by atoms with Gasteiger partial charge >= 0.3 is 6.09 Å². The second kappa shape index (κ2) is 2.63. The zero-order valence-corrected chi connectivity index (χ0v) is 9.17. The Morgan fingerprint density at radius 3 is 2.36 bits per heavy atom. The summed E-state index contributed by atoms with van der Waals surface area (Å²) in [6.45, 7) is 7.36. The minimum Gasteiger partial charge on any atom is -0.444 e. The standard InChI is InChI=1S/C10H18N2O2/c1-9(2,3)14-8(13)12-5-10(6-12)4-7(10)11/h7H,4-6,11H2,1-3H3/p+1. The van der Waals surface area contributed by atoms with E-state index >= 15 is 0 Å². The normalized spacial score (nSPS) is 28.6. The summed E-state index contributed by atoms with van der Waals surface area (Å²) in [7, 11) is 0. The van der Waals surface area contributed by atoms with Crippen molar-refractivity contribution in [1.29, 1.82) is 0 Å². The molecule has 1 spiro atoms. The number of hydrogen-bond donors (Lipinski definition) is 1. The highest BCUT2D eigenvalue weighted by Gasteiger charge is 2.64. The van der Waals surface area contributed by atoms with Crippen LogP contribution in [0.15, 0.2) is 0 Å². The van der Waals surface area contributed by atoms with Crippen LogP contribution in [0.5, 0.6) is 0 Å². The Bertz CT molecular complexity index is 264. The fraction of sp³-hybridized carbons (Fsp3) is 0.900. The molecule has 80 valence electrons. The molecule has 1 saturated heterocycles. The van der Waals surface area contributed by atoms with E-state index in [1.807, 2.05) is 20.8 Å². The molecule has 0 aromatic rings. The van der Waals surface area contributed by atoms with Crippen LogP contribution in [0.4, 0.5) is 4.79 Å². The van der Waals surface area contributed by atoms with Crippen molar-refractivity contribution < 1.29 is 15.3 Å². The van der Waals surface area contributed by atoms with Crippen molar-refractivity contribution >= 4 is 6.09 Å². The summed E-state index contributed by atoms with van der Waals surface area (Å²) in [5, 5.41) is 0. The first-order chi connectivity index (χ1) is 6.32. The first-order valence-electron chi connectivity index (χ1n) is 5.13. The number of hydrogen-bond acceptors (Lipinski definition) is 2. The molecule has 2 rings (SSSR count). The Labute approximate surface area is 84.4 Å². The van der Waals surface area contributed by atoms with Crippen molar-refractivity contribution in [2.45, 2.75) is 38.8 Å². The van der Waals surface area contributed by atoms with Gasteiger partial charge in [-0.05, 0) is 20.8 Å². The average molecular weight is 199 g/mol. The number of ether oxygens (including phenoxy) is 1. The molecule has 4 heteroatoms. The molecule has 1 unspecified atom stereocenters. The third-order valence-corrected chi connectivity index (χ3v) is 3.02. The third kappa shape index (κ3) is 1.59. The second-order valence-corrected chi connectivity index (χ2v) is 5.60. The summed E-state index contributed by atoms with van der Waals surface area (Å²) < 4.78 is 5.26. The van der Waals surface area contributed by atoms with Crippen molar-refractivity contribution in [1.82, 2.24) is 4.90 Å². The monoisotopic (exact) mass is 199 g/mol. The smallest absolute Gasteiger partial charge is 0.410 e. The predicted octanol–water partition coefficient (Wildman–Crippen LogP) is 0.238. The summed E-state index contributed by atoms with van der Waals surface area (Å²) in [6, 6.07) is 0.557. The van der Waals surface area contributed by atoms with Gasteiger partial charge in [0.05, 0.1) is 11.5 Å². The van der Waals surface area contributed by atoms with Gasteiger partial charge in [-0.15, -0.1) is 0 Å². The lowest BCUT2D eigenvalue weighted by Gasteiger charge is -2.39. The van der Waals surface area contributed by atoms with Crippen LogP contribution in [0.1, 0.15) is 27.2 Å². The van der Waals surface area contributed by atoms with Crippen LogP contribution in [0.25, 0.3) is 0 Å². The summed E-state index contributed by atoms with van der Waals surface area (Å²) in [5.74, 6) is 0. The molecule has 2 fully saturated rings. The molecule has 1 amide bonds. The van der Waals surface area contributed by atoms with E-state index in [0.29, 0.717) is 11.5 Å². The number of amides is 1. The summed E-state index contributed by atoms with van der Waals surface area (Å²) in [4.78, 5) is 13.3. The molecular formula is C10H19N2O2+. The fourth-order valence-corrected chi connectivity index (χ4v) is 1.99. The summed E-state index contributed by atoms with van der Waals surface area (Å²) in [6.07, 6.45) is 0.994.